The molecule has 1 saturated heterocycles. The Morgan fingerprint density at radius 1 is 1.32 bits per heavy atom. The molecular weight excluding hydrogens is 236 g/mol. The lowest BCUT2D eigenvalue weighted by Crippen LogP contribution is -2.31. The second kappa shape index (κ2) is 6.33. The highest BCUT2D eigenvalue weighted by atomic mass is 16.5. The molecule has 2 nitrogen and oxygen atoms in total. The van der Waals surface area contributed by atoms with Crippen molar-refractivity contribution in [2.45, 2.75) is 33.6 Å². The van der Waals surface area contributed by atoms with Crippen molar-refractivity contribution in [2.24, 2.45) is 17.8 Å². The molecular formula is C17H24O2. The Balaban J connectivity index is 2.06. The topological polar surface area (TPSA) is 26.3 Å². The van der Waals surface area contributed by atoms with E-state index in [1.807, 2.05) is 12.1 Å². The number of carbonyl (C=O) groups is 1. The Bertz CT molecular complexity index is 419. The highest BCUT2D eigenvalue weighted by Crippen LogP contribution is 2.25. The molecule has 1 aliphatic heterocycles. The van der Waals surface area contributed by atoms with Crippen LogP contribution in [0.4, 0.5) is 0 Å². The Labute approximate surface area is 116 Å². The molecule has 1 aliphatic rings. The first-order chi connectivity index (χ1) is 9.08. The molecule has 104 valence electrons. The minimum atomic E-state index is 0.129. The molecule has 0 radical (unpaired) electrons. The van der Waals surface area contributed by atoms with Gasteiger partial charge in [-0.2, -0.15) is 0 Å². The fourth-order valence-electron chi connectivity index (χ4n) is 2.76. The first-order valence-corrected chi connectivity index (χ1v) is 7.29. The van der Waals surface area contributed by atoms with Crippen LogP contribution in [0.2, 0.25) is 0 Å². The summed E-state index contributed by atoms with van der Waals surface area (Å²) in [5.74, 6) is 1.39. The second-order valence-corrected chi connectivity index (χ2v) is 6.11. The zero-order valence-corrected chi connectivity index (χ0v) is 12.2. The van der Waals surface area contributed by atoms with E-state index >= 15 is 0 Å². The second-order valence-electron chi connectivity index (χ2n) is 6.11. The quantitative estimate of drug-likeness (QED) is 0.771. The van der Waals surface area contributed by atoms with Gasteiger partial charge in [0.1, 0.15) is 0 Å². The summed E-state index contributed by atoms with van der Waals surface area (Å²) < 4.78 is 5.41. The molecule has 0 saturated carbocycles. The molecule has 2 atom stereocenters. The molecule has 0 spiro atoms. The molecule has 1 heterocycles. The summed E-state index contributed by atoms with van der Waals surface area (Å²) >= 11 is 0. The van der Waals surface area contributed by atoms with Gasteiger partial charge in [-0.1, -0.05) is 45.0 Å². The Hall–Kier alpha value is -1.15. The van der Waals surface area contributed by atoms with Crippen molar-refractivity contribution in [2.75, 3.05) is 13.2 Å². The third-order valence-corrected chi connectivity index (χ3v) is 3.86. The fourth-order valence-corrected chi connectivity index (χ4v) is 2.76. The largest absolute Gasteiger partial charge is 0.381 e. The predicted molar refractivity (Wildman–Crippen MR) is 77.4 cm³/mol. The minimum absolute atomic E-state index is 0.129. The maximum Gasteiger partial charge on any atom is 0.166 e. The molecule has 1 aromatic rings. The molecule has 0 N–H and O–H groups in total. The molecule has 2 unspecified atom stereocenters. The summed E-state index contributed by atoms with van der Waals surface area (Å²) in [5, 5.41) is 0. The fraction of sp³-hybridized carbons (Fsp3) is 0.588. The van der Waals surface area contributed by atoms with E-state index < -0.39 is 0 Å². The summed E-state index contributed by atoms with van der Waals surface area (Å²) in [7, 11) is 0. The predicted octanol–water partition coefficient (Wildman–Crippen LogP) is 3.74. The Kier molecular flexibility index (Phi) is 4.76. The van der Waals surface area contributed by atoms with Gasteiger partial charge >= 0.3 is 0 Å². The van der Waals surface area contributed by atoms with E-state index in [2.05, 4.69) is 32.9 Å². The van der Waals surface area contributed by atoms with Crippen LogP contribution in [0.15, 0.2) is 24.3 Å². The van der Waals surface area contributed by atoms with Gasteiger partial charge in [0.2, 0.25) is 0 Å². The van der Waals surface area contributed by atoms with Gasteiger partial charge in [-0.15, -0.1) is 0 Å². The third-order valence-electron chi connectivity index (χ3n) is 3.86. The summed E-state index contributed by atoms with van der Waals surface area (Å²) in [6.45, 7) is 7.95. The van der Waals surface area contributed by atoms with E-state index in [-0.39, 0.29) is 11.7 Å². The van der Waals surface area contributed by atoms with Crippen LogP contribution < -0.4 is 0 Å². The third kappa shape index (κ3) is 3.66. The lowest BCUT2D eigenvalue weighted by Gasteiger charge is -2.27. The van der Waals surface area contributed by atoms with Gasteiger partial charge in [0, 0.05) is 24.7 Å². The van der Waals surface area contributed by atoms with Gasteiger partial charge < -0.3 is 4.74 Å². The van der Waals surface area contributed by atoms with Crippen LogP contribution in [0.1, 0.15) is 43.1 Å². The smallest absolute Gasteiger partial charge is 0.166 e. The van der Waals surface area contributed by atoms with Gasteiger partial charge in [0.05, 0.1) is 0 Å². The van der Waals surface area contributed by atoms with Gasteiger partial charge in [-0.05, 0) is 30.2 Å². The van der Waals surface area contributed by atoms with E-state index in [0.29, 0.717) is 25.0 Å². The average molecular weight is 260 g/mol. The van der Waals surface area contributed by atoms with Crippen molar-refractivity contribution in [3.8, 4) is 0 Å². The number of hydrogen-bond donors (Lipinski definition) is 0. The van der Waals surface area contributed by atoms with Crippen molar-refractivity contribution >= 4 is 5.78 Å². The van der Waals surface area contributed by atoms with E-state index in [1.165, 1.54) is 5.56 Å². The van der Waals surface area contributed by atoms with Crippen LogP contribution in [-0.2, 0) is 11.2 Å². The normalized spacial score (nSPS) is 23.6. The first kappa shape index (κ1) is 14.3. The summed E-state index contributed by atoms with van der Waals surface area (Å²) in [6.07, 6.45) is 1.93. The maximum atomic E-state index is 12.5. The first-order valence-electron chi connectivity index (χ1n) is 7.29. The standard InChI is InChI=1S/C17H24O2/c1-12(2)10-14-4-6-15(7-5-14)17(18)16-8-9-19-11-13(16)3/h4-7,12-13,16H,8-11H2,1-3H3. The molecule has 1 aromatic carbocycles. The van der Waals surface area contributed by atoms with Gasteiger partial charge in [0.25, 0.3) is 0 Å². The highest BCUT2D eigenvalue weighted by molar-refractivity contribution is 5.98. The summed E-state index contributed by atoms with van der Waals surface area (Å²) in [5.41, 5.74) is 2.16. The van der Waals surface area contributed by atoms with Crippen molar-refractivity contribution < 1.29 is 9.53 Å². The van der Waals surface area contributed by atoms with Crippen LogP contribution in [0, 0.1) is 17.8 Å². The number of carbonyl (C=O) groups excluding carboxylic acids is 1. The van der Waals surface area contributed by atoms with Crippen LogP contribution in [0.25, 0.3) is 0 Å². The lowest BCUT2D eigenvalue weighted by atomic mass is 9.83. The molecule has 19 heavy (non-hydrogen) atoms. The van der Waals surface area contributed by atoms with Gasteiger partial charge in [0.15, 0.2) is 5.78 Å². The number of rotatable bonds is 4. The monoisotopic (exact) mass is 260 g/mol. The van der Waals surface area contributed by atoms with E-state index in [4.69, 9.17) is 4.74 Å². The molecule has 2 heteroatoms. The molecule has 0 aliphatic carbocycles. The molecule has 2 rings (SSSR count). The van der Waals surface area contributed by atoms with E-state index in [0.717, 1.165) is 18.4 Å². The summed E-state index contributed by atoms with van der Waals surface area (Å²) in [4.78, 5) is 12.5. The van der Waals surface area contributed by atoms with Crippen LogP contribution in [0.3, 0.4) is 0 Å². The summed E-state index contributed by atoms with van der Waals surface area (Å²) in [6, 6.07) is 8.17. The van der Waals surface area contributed by atoms with Crippen LogP contribution in [0.5, 0.6) is 0 Å². The SMILES string of the molecule is CC(C)Cc1ccc(C(=O)C2CCOCC2C)cc1. The lowest BCUT2D eigenvalue weighted by molar-refractivity contribution is 0.0241. The van der Waals surface area contributed by atoms with Crippen molar-refractivity contribution in [1.82, 2.24) is 0 Å². The maximum absolute atomic E-state index is 12.5. The van der Waals surface area contributed by atoms with E-state index in [1.54, 1.807) is 0 Å². The molecule has 0 bridgehead atoms. The Morgan fingerprint density at radius 2 is 2.00 bits per heavy atom. The molecule has 1 fully saturated rings. The molecule has 0 aromatic heterocycles. The number of benzene rings is 1. The number of Topliss-reactive ketones (excluding diaryl/α,β-unsaturated/α-hetero) is 1. The van der Waals surface area contributed by atoms with Crippen molar-refractivity contribution in [1.29, 1.82) is 0 Å². The zero-order chi connectivity index (χ0) is 13.8. The van der Waals surface area contributed by atoms with Crippen LogP contribution in [-0.4, -0.2) is 19.0 Å². The highest BCUT2D eigenvalue weighted by Gasteiger charge is 2.28. The van der Waals surface area contributed by atoms with Crippen LogP contribution >= 0.6 is 0 Å². The van der Waals surface area contributed by atoms with Gasteiger partial charge in [-0.3, -0.25) is 4.79 Å². The van der Waals surface area contributed by atoms with E-state index in [9.17, 15) is 4.79 Å². The van der Waals surface area contributed by atoms with Gasteiger partial charge in [-0.25, -0.2) is 0 Å². The van der Waals surface area contributed by atoms with Crippen molar-refractivity contribution in [3.05, 3.63) is 35.4 Å². The minimum Gasteiger partial charge on any atom is -0.381 e. The molecule has 0 amide bonds. The average Bonchev–Trinajstić information content (AvgIpc) is 2.39. The number of ether oxygens (including phenoxy) is 1. The van der Waals surface area contributed by atoms with Crippen molar-refractivity contribution in [3.63, 3.8) is 0 Å². The Morgan fingerprint density at radius 3 is 2.58 bits per heavy atom. The number of ketones is 1. The number of hydrogen-bond acceptors (Lipinski definition) is 2. The zero-order valence-electron chi connectivity index (χ0n) is 12.2.